The predicted octanol–water partition coefficient (Wildman–Crippen LogP) is 2.34. The van der Waals surface area contributed by atoms with E-state index in [4.69, 9.17) is 9.47 Å². The number of nitrogens with zero attached hydrogens (tertiary/aromatic N) is 2. The van der Waals surface area contributed by atoms with Gasteiger partial charge in [-0.1, -0.05) is 0 Å². The van der Waals surface area contributed by atoms with Gasteiger partial charge in [0.15, 0.2) is 5.79 Å². The number of pyridine rings is 1. The molecule has 1 aromatic rings. The Morgan fingerprint density at radius 3 is 2.65 bits per heavy atom. The maximum atomic E-state index is 13.1. The van der Waals surface area contributed by atoms with Crippen molar-refractivity contribution in [1.82, 2.24) is 9.88 Å². The van der Waals surface area contributed by atoms with E-state index in [2.05, 4.69) is 16.9 Å². The maximum Gasteiger partial charge on any atom is 0.168 e. The normalized spacial score (nSPS) is 22.8. The van der Waals surface area contributed by atoms with Gasteiger partial charge < -0.3 is 9.47 Å². The summed E-state index contributed by atoms with van der Waals surface area (Å²) in [5.41, 5.74) is 0.918. The quantitative estimate of drug-likeness (QED) is 0.851. The molecule has 2 fully saturated rings. The highest BCUT2D eigenvalue weighted by atomic mass is 19.1. The van der Waals surface area contributed by atoms with Crippen molar-refractivity contribution in [2.45, 2.75) is 44.1 Å². The van der Waals surface area contributed by atoms with Gasteiger partial charge in [-0.15, -0.1) is 0 Å². The lowest BCUT2D eigenvalue weighted by molar-refractivity contribution is -0.183. The second-order valence-electron chi connectivity index (χ2n) is 5.77. The van der Waals surface area contributed by atoms with Crippen LogP contribution in [0.1, 0.15) is 31.2 Å². The molecule has 0 atom stereocenters. The van der Waals surface area contributed by atoms with Crippen molar-refractivity contribution >= 4 is 0 Å². The van der Waals surface area contributed by atoms with E-state index in [-0.39, 0.29) is 11.6 Å². The Bertz CT molecular complexity index is 453. The predicted molar refractivity (Wildman–Crippen MR) is 72.6 cm³/mol. The van der Waals surface area contributed by atoms with Gasteiger partial charge in [0.1, 0.15) is 5.82 Å². The van der Waals surface area contributed by atoms with Gasteiger partial charge in [-0.25, -0.2) is 4.39 Å². The molecule has 5 heteroatoms. The summed E-state index contributed by atoms with van der Waals surface area (Å²) < 4.78 is 24.6. The highest BCUT2D eigenvalue weighted by Gasteiger charge is 2.40. The maximum absolute atomic E-state index is 13.1. The molecule has 0 amide bonds. The molecule has 20 heavy (non-hydrogen) atoms. The average molecular weight is 280 g/mol. The minimum absolute atomic E-state index is 0.272. The SMILES string of the molecule is CN(Cc1cncc(F)c1)C1CCC2(CC1)OCCO2. The third-order valence-corrected chi connectivity index (χ3v) is 4.35. The Morgan fingerprint density at radius 2 is 2.00 bits per heavy atom. The monoisotopic (exact) mass is 280 g/mol. The molecule has 1 saturated heterocycles. The smallest absolute Gasteiger partial charge is 0.168 e. The van der Waals surface area contributed by atoms with Crippen LogP contribution in [0.4, 0.5) is 4.39 Å². The van der Waals surface area contributed by atoms with Crippen LogP contribution >= 0.6 is 0 Å². The van der Waals surface area contributed by atoms with Crippen LogP contribution in [-0.4, -0.2) is 42.0 Å². The van der Waals surface area contributed by atoms with Crippen molar-refractivity contribution < 1.29 is 13.9 Å². The lowest BCUT2D eigenvalue weighted by atomic mass is 9.89. The van der Waals surface area contributed by atoms with Crippen molar-refractivity contribution in [2.24, 2.45) is 0 Å². The highest BCUT2D eigenvalue weighted by molar-refractivity contribution is 5.10. The fraction of sp³-hybridized carbons (Fsp3) is 0.667. The van der Waals surface area contributed by atoms with Gasteiger partial charge in [0.05, 0.1) is 19.4 Å². The van der Waals surface area contributed by atoms with E-state index in [1.165, 1.54) is 6.20 Å². The van der Waals surface area contributed by atoms with E-state index in [9.17, 15) is 4.39 Å². The fourth-order valence-electron chi connectivity index (χ4n) is 3.23. The van der Waals surface area contributed by atoms with Crippen LogP contribution in [0.3, 0.4) is 0 Å². The Balaban J connectivity index is 1.55. The summed E-state index contributed by atoms with van der Waals surface area (Å²) in [6.45, 7) is 2.16. The van der Waals surface area contributed by atoms with Crippen molar-refractivity contribution in [3.63, 3.8) is 0 Å². The molecule has 1 aliphatic carbocycles. The molecule has 1 saturated carbocycles. The number of rotatable bonds is 3. The zero-order valence-corrected chi connectivity index (χ0v) is 11.8. The minimum atomic E-state index is -0.308. The first kappa shape index (κ1) is 13.9. The summed E-state index contributed by atoms with van der Waals surface area (Å²) in [6.07, 6.45) is 6.97. The molecule has 2 heterocycles. The summed E-state index contributed by atoms with van der Waals surface area (Å²) in [4.78, 5) is 6.17. The molecule has 2 aliphatic rings. The third-order valence-electron chi connectivity index (χ3n) is 4.35. The fourth-order valence-corrected chi connectivity index (χ4v) is 3.23. The molecule has 1 spiro atoms. The van der Waals surface area contributed by atoms with Crippen molar-refractivity contribution in [1.29, 1.82) is 0 Å². The number of aromatic nitrogens is 1. The summed E-state index contributed by atoms with van der Waals surface area (Å²) in [5, 5.41) is 0. The lowest BCUT2D eigenvalue weighted by Crippen LogP contribution is -2.42. The Morgan fingerprint density at radius 1 is 1.30 bits per heavy atom. The number of hydrogen-bond donors (Lipinski definition) is 0. The van der Waals surface area contributed by atoms with E-state index < -0.39 is 0 Å². The molecule has 3 rings (SSSR count). The van der Waals surface area contributed by atoms with Crippen LogP contribution in [0, 0.1) is 5.82 Å². The van der Waals surface area contributed by atoms with Crippen LogP contribution in [0.2, 0.25) is 0 Å². The van der Waals surface area contributed by atoms with Gasteiger partial charge in [0, 0.05) is 31.6 Å². The first-order valence-electron chi connectivity index (χ1n) is 7.24. The van der Waals surface area contributed by atoms with E-state index in [1.54, 1.807) is 12.3 Å². The first-order chi connectivity index (χ1) is 9.67. The zero-order valence-electron chi connectivity index (χ0n) is 11.8. The summed E-state index contributed by atoms with van der Waals surface area (Å²) in [6, 6.07) is 2.05. The number of hydrogen-bond acceptors (Lipinski definition) is 4. The summed E-state index contributed by atoms with van der Waals surface area (Å²) in [7, 11) is 2.09. The minimum Gasteiger partial charge on any atom is -0.348 e. The highest BCUT2D eigenvalue weighted by Crippen LogP contribution is 2.37. The standard InChI is InChI=1S/C15H21FN2O2/c1-18(11-12-8-13(16)10-17-9-12)14-2-4-15(5-3-14)19-6-7-20-15/h8-10,14H,2-7,11H2,1H3. The van der Waals surface area contributed by atoms with Crippen molar-refractivity contribution in [3.05, 3.63) is 29.8 Å². The molecular weight excluding hydrogens is 259 g/mol. The van der Waals surface area contributed by atoms with Crippen LogP contribution in [0.15, 0.2) is 18.5 Å². The van der Waals surface area contributed by atoms with Crippen molar-refractivity contribution in [3.8, 4) is 0 Å². The second-order valence-corrected chi connectivity index (χ2v) is 5.77. The molecule has 4 nitrogen and oxygen atoms in total. The topological polar surface area (TPSA) is 34.6 Å². The largest absolute Gasteiger partial charge is 0.348 e. The van der Waals surface area contributed by atoms with Crippen LogP contribution in [0.25, 0.3) is 0 Å². The Hall–Kier alpha value is -1.04. The van der Waals surface area contributed by atoms with Gasteiger partial charge >= 0.3 is 0 Å². The molecule has 0 radical (unpaired) electrons. The first-order valence-corrected chi connectivity index (χ1v) is 7.24. The zero-order chi connectivity index (χ0) is 14.0. The van der Waals surface area contributed by atoms with Crippen LogP contribution in [0.5, 0.6) is 0 Å². The molecule has 110 valence electrons. The summed E-state index contributed by atoms with van der Waals surface area (Å²) in [5.74, 6) is -0.580. The molecule has 1 aromatic heterocycles. The van der Waals surface area contributed by atoms with Gasteiger partial charge in [0.25, 0.3) is 0 Å². The van der Waals surface area contributed by atoms with Gasteiger partial charge in [0.2, 0.25) is 0 Å². The molecule has 0 aromatic carbocycles. The van der Waals surface area contributed by atoms with Crippen LogP contribution < -0.4 is 0 Å². The molecule has 0 N–H and O–H groups in total. The van der Waals surface area contributed by atoms with Gasteiger partial charge in [-0.05, 0) is 31.5 Å². The molecular formula is C15H21FN2O2. The third kappa shape index (κ3) is 3.00. The van der Waals surface area contributed by atoms with Gasteiger partial charge in [-0.2, -0.15) is 0 Å². The number of halogens is 1. The van der Waals surface area contributed by atoms with Gasteiger partial charge in [-0.3, -0.25) is 9.88 Å². The van der Waals surface area contributed by atoms with E-state index in [0.717, 1.165) is 51.0 Å². The molecule has 0 bridgehead atoms. The summed E-state index contributed by atoms with van der Waals surface area (Å²) >= 11 is 0. The molecule has 1 aliphatic heterocycles. The second kappa shape index (κ2) is 5.76. The average Bonchev–Trinajstić information content (AvgIpc) is 2.88. The van der Waals surface area contributed by atoms with E-state index in [1.807, 2.05) is 0 Å². The van der Waals surface area contributed by atoms with Crippen LogP contribution in [-0.2, 0) is 16.0 Å². The number of ether oxygens (including phenoxy) is 2. The van der Waals surface area contributed by atoms with E-state index in [0.29, 0.717) is 6.04 Å². The lowest BCUT2D eigenvalue weighted by Gasteiger charge is -2.39. The van der Waals surface area contributed by atoms with Crippen molar-refractivity contribution in [2.75, 3.05) is 20.3 Å². The molecule has 0 unspecified atom stereocenters. The Labute approximate surface area is 118 Å². The Kier molecular flexibility index (Phi) is 4.01. The van der Waals surface area contributed by atoms with E-state index >= 15 is 0 Å².